The van der Waals surface area contributed by atoms with Crippen LogP contribution in [-0.4, -0.2) is 9.55 Å². The van der Waals surface area contributed by atoms with Crippen LogP contribution in [0.25, 0.3) is 0 Å². The first-order valence-corrected chi connectivity index (χ1v) is 4.75. The molecule has 0 aromatic carbocycles. The first-order chi connectivity index (χ1) is 6.32. The Morgan fingerprint density at radius 3 is 2.92 bits per heavy atom. The minimum atomic E-state index is -0.264. The predicted molar refractivity (Wildman–Crippen MR) is 49.0 cm³/mol. The van der Waals surface area contributed by atoms with Gasteiger partial charge in [-0.25, -0.2) is 4.98 Å². The fraction of sp³-hybridized carbons (Fsp3) is 0.600. The molecule has 1 aromatic rings. The van der Waals surface area contributed by atoms with E-state index in [1.54, 1.807) is 6.20 Å². The lowest BCUT2D eigenvalue weighted by Gasteiger charge is -2.34. The minimum absolute atomic E-state index is 0.264. The van der Waals surface area contributed by atoms with Crippen molar-refractivity contribution in [2.24, 2.45) is 0 Å². The fourth-order valence-electron chi connectivity index (χ4n) is 1.90. The molecule has 1 saturated carbocycles. The first-order valence-electron chi connectivity index (χ1n) is 4.75. The molecule has 0 spiro atoms. The lowest BCUT2D eigenvalue weighted by Crippen LogP contribution is -2.35. The third-order valence-corrected chi connectivity index (χ3v) is 2.91. The molecule has 13 heavy (non-hydrogen) atoms. The second kappa shape index (κ2) is 2.88. The van der Waals surface area contributed by atoms with Gasteiger partial charge < -0.3 is 4.57 Å². The predicted octanol–water partition coefficient (Wildman–Crippen LogP) is 1.85. The van der Waals surface area contributed by atoms with Gasteiger partial charge in [0.15, 0.2) is 0 Å². The van der Waals surface area contributed by atoms with Crippen LogP contribution in [0.4, 0.5) is 0 Å². The Morgan fingerprint density at radius 2 is 2.46 bits per heavy atom. The molecular formula is C10H13N3. The van der Waals surface area contributed by atoms with Crippen molar-refractivity contribution in [3.63, 3.8) is 0 Å². The quantitative estimate of drug-likeness (QED) is 0.688. The average molecular weight is 175 g/mol. The molecule has 0 aliphatic heterocycles. The number of aromatic nitrogens is 2. The van der Waals surface area contributed by atoms with Crippen molar-refractivity contribution >= 4 is 0 Å². The van der Waals surface area contributed by atoms with Crippen molar-refractivity contribution in [2.45, 2.75) is 38.1 Å². The van der Waals surface area contributed by atoms with Crippen LogP contribution in [0.5, 0.6) is 0 Å². The number of aryl methyl sites for hydroxylation is 1. The molecule has 0 N–H and O–H groups in total. The molecule has 3 nitrogen and oxygen atoms in total. The monoisotopic (exact) mass is 175 g/mol. The van der Waals surface area contributed by atoms with Gasteiger partial charge in [0.2, 0.25) is 0 Å². The Bertz CT molecular complexity index is 341. The van der Waals surface area contributed by atoms with Gasteiger partial charge in [0.05, 0.1) is 6.07 Å². The second-order valence-electron chi connectivity index (χ2n) is 3.58. The van der Waals surface area contributed by atoms with Gasteiger partial charge in [0.25, 0.3) is 0 Å². The highest BCUT2D eigenvalue weighted by atomic mass is 15.1. The van der Waals surface area contributed by atoms with E-state index in [-0.39, 0.29) is 5.41 Å². The van der Waals surface area contributed by atoms with Gasteiger partial charge in [0.1, 0.15) is 11.2 Å². The zero-order chi connectivity index (χ0) is 9.31. The van der Waals surface area contributed by atoms with Crippen LogP contribution in [0.1, 0.15) is 32.0 Å². The van der Waals surface area contributed by atoms with E-state index in [1.807, 2.05) is 6.20 Å². The Morgan fingerprint density at radius 1 is 1.69 bits per heavy atom. The minimum Gasteiger partial charge on any atom is -0.334 e. The smallest absolute Gasteiger partial charge is 0.129 e. The van der Waals surface area contributed by atoms with Gasteiger partial charge in [0, 0.05) is 18.9 Å². The molecule has 1 aliphatic carbocycles. The van der Waals surface area contributed by atoms with E-state index in [0.717, 1.165) is 31.6 Å². The second-order valence-corrected chi connectivity index (χ2v) is 3.58. The van der Waals surface area contributed by atoms with Gasteiger partial charge in [-0.15, -0.1) is 0 Å². The summed E-state index contributed by atoms with van der Waals surface area (Å²) in [6.45, 7) is 2.98. The van der Waals surface area contributed by atoms with Crippen LogP contribution in [0.3, 0.4) is 0 Å². The molecule has 0 unspecified atom stereocenters. The molecule has 1 fully saturated rings. The fourth-order valence-corrected chi connectivity index (χ4v) is 1.90. The summed E-state index contributed by atoms with van der Waals surface area (Å²) in [4.78, 5) is 4.29. The lowest BCUT2D eigenvalue weighted by atomic mass is 9.69. The molecule has 0 bridgehead atoms. The highest BCUT2D eigenvalue weighted by Crippen LogP contribution is 2.42. The molecule has 1 aromatic heterocycles. The van der Waals surface area contributed by atoms with E-state index in [1.165, 1.54) is 0 Å². The van der Waals surface area contributed by atoms with Gasteiger partial charge in [-0.3, -0.25) is 0 Å². The van der Waals surface area contributed by atoms with E-state index in [2.05, 4.69) is 22.5 Å². The molecule has 1 heterocycles. The average Bonchev–Trinajstić information content (AvgIpc) is 2.52. The highest BCUT2D eigenvalue weighted by molar-refractivity contribution is 5.25. The van der Waals surface area contributed by atoms with Crippen molar-refractivity contribution in [2.75, 3.05) is 0 Å². The zero-order valence-corrected chi connectivity index (χ0v) is 7.82. The van der Waals surface area contributed by atoms with Crippen molar-refractivity contribution in [3.05, 3.63) is 18.2 Å². The molecule has 0 radical (unpaired) electrons. The number of imidazole rings is 1. The third kappa shape index (κ3) is 1.06. The molecule has 68 valence electrons. The van der Waals surface area contributed by atoms with Crippen molar-refractivity contribution < 1.29 is 0 Å². The zero-order valence-electron chi connectivity index (χ0n) is 7.82. The SMILES string of the molecule is CCn1ccnc1C1(C#N)CCC1. The Kier molecular flexibility index (Phi) is 1.84. The van der Waals surface area contributed by atoms with Crippen LogP contribution in [0, 0.1) is 11.3 Å². The molecular weight excluding hydrogens is 162 g/mol. The van der Waals surface area contributed by atoms with E-state index in [9.17, 15) is 0 Å². The van der Waals surface area contributed by atoms with Crippen LogP contribution in [0.2, 0.25) is 0 Å². The van der Waals surface area contributed by atoms with Gasteiger partial charge >= 0.3 is 0 Å². The Balaban J connectivity index is 2.39. The highest BCUT2D eigenvalue weighted by Gasteiger charge is 2.42. The van der Waals surface area contributed by atoms with E-state index in [4.69, 9.17) is 5.26 Å². The number of hydrogen-bond donors (Lipinski definition) is 0. The molecule has 3 heteroatoms. The maximum Gasteiger partial charge on any atom is 0.129 e. The lowest BCUT2D eigenvalue weighted by molar-refractivity contribution is 0.297. The molecule has 0 atom stereocenters. The molecule has 1 aliphatic rings. The van der Waals surface area contributed by atoms with Gasteiger partial charge in [-0.1, -0.05) is 0 Å². The standard InChI is InChI=1S/C10H13N3/c1-2-13-7-6-12-9(13)10(8-11)4-3-5-10/h6-7H,2-5H2,1H3. The summed E-state index contributed by atoms with van der Waals surface area (Å²) in [6.07, 6.45) is 6.84. The van der Waals surface area contributed by atoms with E-state index >= 15 is 0 Å². The van der Waals surface area contributed by atoms with Crippen LogP contribution >= 0.6 is 0 Å². The molecule has 0 amide bonds. The Labute approximate surface area is 78.0 Å². The Hall–Kier alpha value is -1.30. The van der Waals surface area contributed by atoms with E-state index < -0.39 is 0 Å². The largest absolute Gasteiger partial charge is 0.334 e. The summed E-state index contributed by atoms with van der Waals surface area (Å²) in [5.41, 5.74) is -0.264. The number of nitriles is 1. The maximum atomic E-state index is 9.12. The van der Waals surface area contributed by atoms with Gasteiger partial charge in [-0.05, 0) is 26.2 Å². The topological polar surface area (TPSA) is 41.6 Å². The third-order valence-electron chi connectivity index (χ3n) is 2.91. The summed E-state index contributed by atoms with van der Waals surface area (Å²) < 4.78 is 2.07. The van der Waals surface area contributed by atoms with Crippen LogP contribution < -0.4 is 0 Å². The van der Waals surface area contributed by atoms with Gasteiger partial charge in [-0.2, -0.15) is 5.26 Å². The summed E-state index contributed by atoms with van der Waals surface area (Å²) in [5.74, 6) is 0.962. The van der Waals surface area contributed by atoms with Crippen LogP contribution in [-0.2, 0) is 12.0 Å². The molecule has 2 rings (SSSR count). The number of rotatable bonds is 2. The van der Waals surface area contributed by atoms with E-state index in [0.29, 0.717) is 0 Å². The molecule has 0 saturated heterocycles. The van der Waals surface area contributed by atoms with Crippen molar-refractivity contribution in [1.82, 2.24) is 9.55 Å². The normalized spacial score (nSPS) is 19.1. The summed E-state index contributed by atoms with van der Waals surface area (Å²) in [5, 5.41) is 9.12. The maximum absolute atomic E-state index is 9.12. The summed E-state index contributed by atoms with van der Waals surface area (Å²) in [6, 6.07) is 2.41. The number of hydrogen-bond acceptors (Lipinski definition) is 2. The number of nitrogens with zero attached hydrogens (tertiary/aromatic N) is 3. The van der Waals surface area contributed by atoms with Crippen molar-refractivity contribution in [1.29, 1.82) is 5.26 Å². The first kappa shape index (κ1) is 8.31. The summed E-state index contributed by atoms with van der Waals surface area (Å²) in [7, 11) is 0. The van der Waals surface area contributed by atoms with Crippen LogP contribution in [0.15, 0.2) is 12.4 Å². The summed E-state index contributed by atoms with van der Waals surface area (Å²) >= 11 is 0. The van der Waals surface area contributed by atoms with Crippen molar-refractivity contribution in [3.8, 4) is 6.07 Å².